The Labute approximate surface area is 221 Å². The number of nitrogens with zero attached hydrogens (tertiary/aromatic N) is 3. The van der Waals surface area contributed by atoms with Gasteiger partial charge in [-0.2, -0.15) is 0 Å². The van der Waals surface area contributed by atoms with Gasteiger partial charge in [0.25, 0.3) is 0 Å². The number of alkyl halides is 3. The van der Waals surface area contributed by atoms with Crippen molar-refractivity contribution < 1.29 is 32.2 Å². The fraction of sp³-hybridized carbons (Fsp3) is 0.222. The molecule has 0 unspecified atom stereocenters. The Bertz CT molecular complexity index is 1450. The van der Waals surface area contributed by atoms with E-state index in [0.717, 1.165) is 18.2 Å². The standard InChI is InChI=1S/C27H25F4N5O3/c1-26(2)14-36(23-20(37)13-17(28)21(22(23)26)24(32-3)33-4)19-8-6-5-7-18(19)35-25(38)34-15-9-11-16(12-10-15)39-27(29,30)31/h5-13,37H,3,14H2,1-2,4H3,(H2,34,35,38). The van der Waals surface area contributed by atoms with Crippen LogP contribution in [0.5, 0.6) is 11.5 Å². The number of benzene rings is 3. The van der Waals surface area contributed by atoms with Crippen LogP contribution >= 0.6 is 0 Å². The lowest BCUT2D eigenvalue weighted by Gasteiger charge is -2.25. The molecule has 0 bridgehead atoms. The van der Waals surface area contributed by atoms with Gasteiger partial charge in [-0.15, -0.1) is 13.2 Å². The topological polar surface area (TPSA) is 98.6 Å². The fourth-order valence-corrected chi connectivity index (χ4v) is 4.64. The number of fused-ring (bicyclic) bond motifs is 1. The molecule has 39 heavy (non-hydrogen) atoms. The van der Waals surface area contributed by atoms with Crippen LogP contribution in [0, 0.1) is 5.82 Å². The first-order valence-corrected chi connectivity index (χ1v) is 11.6. The van der Waals surface area contributed by atoms with E-state index in [0.29, 0.717) is 29.2 Å². The van der Waals surface area contributed by atoms with E-state index in [4.69, 9.17) is 0 Å². The van der Waals surface area contributed by atoms with Gasteiger partial charge in [-0.1, -0.05) is 26.0 Å². The molecule has 12 heteroatoms. The van der Waals surface area contributed by atoms with Crippen LogP contribution < -0.4 is 20.3 Å². The average Bonchev–Trinajstić information content (AvgIpc) is 3.13. The Morgan fingerprint density at radius 2 is 1.79 bits per heavy atom. The second-order valence-electron chi connectivity index (χ2n) is 9.32. The molecule has 0 spiro atoms. The zero-order valence-electron chi connectivity index (χ0n) is 21.2. The lowest BCUT2D eigenvalue weighted by molar-refractivity contribution is -0.274. The van der Waals surface area contributed by atoms with Crippen LogP contribution in [0.3, 0.4) is 0 Å². The van der Waals surface area contributed by atoms with E-state index >= 15 is 4.39 Å². The van der Waals surface area contributed by atoms with Gasteiger partial charge in [-0.05, 0) is 43.1 Å². The van der Waals surface area contributed by atoms with E-state index in [1.807, 2.05) is 13.8 Å². The predicted molar refractivity (Wildman–Crippen MR) is 142 cm³/mol. The summed E-state index contributed by atoms with van der Waals surface area (Å²) in [4.78, 5) is 22.5. The van der Waals surface area contributed by atoms with Crippen LogP contribution in [0.1, 0.15) is 25.0 Å². The Morgan fingerprint density at radius 1 is 1.13 bits per heavy atom. The second-order valence-corrected chi connectivity index (χ2v) is 9.32. The summed E-state index contributed by atoms with van der Waals surface area (Å²) in [5, 5.41) is 16.1. The molecular formula is C27H25F4N5O3. The summed E-state index contributed by atoms with van der Waals surface area (Å²) >= 11 is 0. The van der Waals surface area contributed by atoms with Crippen LogP contribution in [0.15, 0.2) is 64.6 Å². The highest BCUT2D eigenvalue weighted by Gasteiger charge is 2.42. The van der Waals surface area contributed by atoms with Gasteiger partial charge in [0.15, 0.2) is 5.84 Å². The van der Waals surface area contributed by atoms with Crippen molar-refractivity contribution in [3.8, 4) is 11.5 Å². The molecule has 0 atom stereocenters. The van der Waals surface area contributed by atoms with Gasteiger partial charge in [0.2, 0.25) is 0 Å². The number of para-hydroxylation sites is 2. The number of aliphatic imine (C=N–C) groups is 2. The van der Waals surface area contributed by atoms with Crippen LogP contribution in [0.4, 0.5) is 45.1 Å². The summed E-state index contributed by atoms with van der Waals surface area (Å²) in [6.07, 6.45) is -4.83. The van der Waals surface area contributed by atoms with E-state index in [1.54, 1.807) is 29.2 Å². The van der Waals surface area contributed by atoms with E-state index < -0.39 is 29.4 Å². The van der Waals surface area contributed by atoms with E-state index in [9.17, 15) is 23.1 Å². The molecule has 1 aliphatic heterocycles. The molecular weight excluding hydrogens is 518 g/mol. The van der Waals surface area contributed by atoms with Crippen molar-refractivity contribution in [3.63, 3.8) is 0 Å². The first-order chi connectivity index (χ1) is 18.3. The summed E-state index contributed by atoms with van der Waals surface area (Å²) in [7, 11) is 1.47. The second kappa shape index (κ2) is 10.3. The molecule has 1 aliphatic rings. The molecule has 0 fully saturated rings. The van der Waals surface area contributed by atoms with Gasteiger partial charge in [0.1, 0.15) is 17.3 Å². The Kier molecular flexibility index (Phi) is 7.23. The number of hydrogen-bond donors (Lipinski definition) is 3. The fourth-order valence-electron chi connectivity index (χ4n) is 4.64. The molecule has 3 N–H and O–H groups in total. The van der Waals surface area contributed by atoms with Crippen molar-refractivity contribution in [2.24, 2.45) is 9.98 Å². The molecule has 2 amide bonds. The zero-order valence-corrected chi connectivity index (χ0v) is 21.2. The Hall–Kier alpha value is -4.61. The summed E-state index contributed by atoms with van der Waals surface area (Å²) in [6.45, 7) is 7.59. The molecule has 4 rings (SSSR count). The van der Waals surface area contributed by atoms with Gasteiger partial charge >= 0.3 is 12.4 Å². The highest BCUT2D eigenvalue weighted by molar-refractivity contribution is 6.06. The largest absolute Gasteiger partial charge is 0.573 e. The molecule has 1 heterocycles. The van der Waals surface area contributed by atoms with Crippen molar-refractivity contribution >= 4 is 41.3 Å². The van der Waals surface area contributed by atoms with E-state index in [2.05, 4.69) is 32.1 Å². The number of carbonyl (C=O) groups is 1. The number of urea groups is 1. The molecule has 3 aromatic rings. The summed E-state index contributed by atoms with van der Waals surface area (Å²) in [5.74, 6) is -1.31. The minimum Gasteiger partial charge on any atom is -0.506 e. The highest BCUT2D eigenvalue weighted by atomic mass is 19.4. The number of carbonyl (C=O) groups excluding carboxylic acids is 1. The number of hydrogen-bond acceptors (Lipinski definition) is 5. The molecule has 3 aromatic carbocycles. The van der Waals surface area contributed by atoms with Crippen molar-refractivity contribution in [1.82, 2.24) is 0 Å². The van der Waals surface area contributed by atoms with Crippen molar-refractivity contribution in [1.29, 1.82) is 0 Å². The van der Waals surface area contributed by atoms with Gasteiger partial charge in [-0.25, -0.2) is 14.2 Å². The number of halogens is 4. The third-order valence-corrected chi connectivity index (χ3v) is 6.11. The first-order valence-electron chi connectivity index (χ1n) is 11.6. The quantitative estimate of drug-likeness (QED) is 0.192. The number of nitrogens with one attached hydrogen (secondary N) is 2. The molecule has 0 radical (unpaired) electrons. The third-order valence-electron chi connectivity index (χ3n) is 6.11. The summed E-state index contributed by atoms with van der Waals surface area (Å²) in [6, 6.07) is 11.8. The number of amides is 2. The highest BCUT2D eigenvalue weighted by Crippen LogP contribution is 2.52. The molecule has 8 nitrogen and oxygen atoms in total. The summed E-state index contributed by atoms with van der Waals surface area (Å²) < 4.78 is 56.1. The number of aromatic hydroxyl groups is 1. The predicted octanol–water partition coefficient (Wildman–Crippen LogP) is 6.58. The number of rotatable bonds is 5. The van der Waals surface area contributed by atoms with E-state index in [1.165, 1.54) is 19.2 Å². The lowest BCUT2D eigenvalue weighted by Crippen LogP contribution is -2.27. The number of phenolic OH excluding ortho intramolecular Hbond substituents is 1. The van der Waals surface area contributed by atoms with Gasteiger partial charge in [0, 0.05) is 36.3 Å². The normalized spacial score (nSPS) is 14.5. The van der Waals surface area contributed by atoms with Gasteiger partial charge < -0.3 is 25.4 Å². The van der Waals surface area contributed by atoms with Crippen LogP contribution in [0.25, 0.3) is 0 Å². The minimum absolute atomic E-state index is 0.0936. The van der Waals surface area contributed by atoms with Crippen molar-refractivity contribution in [2.45, 2.75) is 25.6 Å². The van der Waals surface area contributed by atoms with Crippen LogP contribution in [-0.4, -0.2) is 43.6 Å². The maximum atomic E-state index is 15.1. The van der Waals surface area contributed by atoms with Crippen molar-refractivity contribution in [2.75, 3.05) is 29.1 Å². The van der Waals surface area contributed by atoms with Crippen molar-refractivity contribution in [3.05, 3.63) is 71.5 Å². The molecule has 0 saturated heterocycles. The SMILES string of the molecule is C=NC(=NC)c1c(F)cc(O)c2c1C(C)(C)CN2c1ccccc1NC(=O)Nc1ccc(OC(F)(F)F)cc1. The third kappa shape index (κ3) is 5.64. The lowest BCUT2D eigenvalue weighted by atomic mass is 9.83. The average molecular weight is 544 g/mol. The molecule has 204 valence electrons. The van der Waals surface area contributed by atoms with E-state index in [-0.39, 0.29) is 22.8 Å². The number of ether oxygens (including phenoxy) is 1. The van der Waals surface area contributed by atoms with Crippen LogP contribution in [-0.2, 0) is 5.41 Å². The Balaban J connectivity index is 1.65. The van der Waals surface area contributed by atoms with Gasteiger partial charge in [0.05, 0.1) is 22.6 Å². The zero-order chi connectivity index (χ0) is 28.5. The number of amidine groups is 1. The number of phenols is 1. The Morgan fingerprint density at radius 3 is 2.41 bits per heavy atom. The first kappa shape index (κ1) is 27.4. The monoisotopic (exact) mass is 543 g/mol. The maximum Gasteiger partial charge on any atom is 0.573 e. The smallest absolute Gasteiger partial charge is 0.506 e. The van der Waals surface area contributed by atoms with Gasteiger partial charge in [-0.3, -0.25) is 4.99 Å². The number of anilines is 4. The molecule has 0 saturated carbocycles. The molecule has 0 aromatic heterocycles. The van der Waals surface area contributed by atoms with Crippen LogP contribution in [0.2, 0.25) is 0 Å². The maximum absolute atomic E-state index is 15.1. The summed E-state index contributed by atoms with van der Waals surface area (Å²) in [5.41, 5.74) is 1.42. The minimum atomic E-state index is -4.83. The molecule has 0 aliphatic carbocycles.